The number of hydrogen-bond acceptors (Lipinski definition) is 6. The number of nitro benzene ring substituents is 2. The maximum Gasteiger partial charge on any atom is 0.279 e. The third-order valence-electron chi connectivity index (χ3n) is 4.32. The van der Waals surface area contributed by atoms with Gasteiger partial charge in [-0.25, -0.2) is 0 Å². The van der Waals surface area contributed by atoms with Crippen LogP contribution in [-0.2, 0) is 0 Å². The molecule has 0 N–H and O–H groups in total. The standard InChI is InChI=1S/C17H16N4O4S/c22-20(23)14-7-5-13(6-8-14)18-9-11-19(12-10-18)17(26)15-3-1-2-4-16(15)21(24)25/h1-8H,9-12H2. The van der Waals surface area contributed by atoms with Gasteiger partial charge in [0.1, 0.15) is 4.99 Å². The van der Waals surface area contributed by atoms with Crippen molar-refractivity contribution in [3.63, 3.8) is 0 Å². The van der Waals surface area contributed by atoms with E-state index in [1.54, 1.807) is 30.3 Å². The van der Waals surface area contributed by atoms with Gasteiger partial charge in [-0.3, -0.25) is 20.2 Å². The van der Waals surface area contributed by atoms with E-state index in [9.17, 15) is 20.2 Å². The lowest BCUT2D eigenvalue weighted by Crippen LogP contribution is -2.48. The lowest BCUT2D eigenvalue weighted by atomic mass is 10.1. The van der Waals surface area contributed by atoms with Crippen molar-refractivity contribution in [3.8, 4) is 0 Å². The minimum atomic E-state index is -0.424. The first-order valence-corrected chi connectivity index (χ1v) is 8.40. The predicted molar refractivity (Wildman–Crippen MR) is 102 cm³/mol. The number of rotatable bonds is 4. The van der Waals surface area contributed by atoms with Crippen molar-refractivity contribution in [2.75, 3.05) is 31.1 Å². The van der Waals surface area contributed by atoms with Crippen LogP contribution in [0.3, 0.4) is 0 Å². The molecule has 26 heavy (non-hydrogen) atoms. The van der Waals surface area contributed by atoms with E-state index in [1.165, 1.54) is 18.2 Å². The molecule has 0 saturated carbocycles. The molecule has 9 heteroatoms. The Morgan fingerprint density at radius 1 is 0.885 bits per heavy atom. The number of nitrogens with zero attached hydrogens (tertiary/aromatic N) is 4. The Balaban J connectivity index is 1.68. The lowest BCUT2D eigenvalue weighted by Gasteiger charge is -2.37. The summed E-state index contributed by atoms with van der Waals surface area (Å²) in [5.74, 6) is 0. The number of anilines is 1. The zero-order valence-electron chi connectivity index (χ0n) is 13.8. The average Bonchev–Trinajstić information content (AvgIpc) is 2.67. The van der Waals surface area contributed by atoms with Crippen LogP contribution in [0.15, 0.2) is 48.5 Å². The van der Waals surface area contributed by atoms with Crippen molar-refractivity contribution >= 4 is 34.3 Å². The monoisotopic (exact) mass is 372 g/mol. The highest BCUT2D eigenvalue weighted by Gasteiger charge is 2.24. The Labute approximate surface area is 154 Å². The Kier molecular flexibility index (Phi) is 5.08. The summed E-state index contributed by atoms with van der Waals surface area (Å²) in [6, 6.07) is 12.9. The molecule has 2 aromatic rings. The van der Waals surface area contributed by atoms with Crippen molar-refractivity contribution in [2.45, 2.75) is 0 Å². The van der Waals surface area contributed by atoms with Gasteiger partial charge in [-0.1, -0.05) is 24.4 Å². The van der Waals surface area contributed by atoms with Crippen LogP contribution in [0.25, 0.3) is 0 Å². The molecule has 0 unspecified atom stereocenters. The quantitative estimate of drug-likeness (QED) is 0.463. The Morgan fingerprint density at radius 2 is 1.50 bits per heavy atom. The minimum Gasteiger partial charge on any atom is -0.368 e. The van der Waals surface area contributed by atoms with Crippen molar-refractivity contribution in [3.05, 3.63) is 74.3 Å². The summed E-state index contributed by atoms with van der Waals surface area (Å²) in [4.78, 5) is 25.6. The van der Waals surface area contributed by atoms with Gasteiger partial charge in [0.2, 0.25) is 0 Å². The second-order valence-corrected chi connectivity index (χ2v) is 6.21. The van der Waals surface area contributed by atoms with Crippen LogP contribution in [0.4, 0.5) is 17.1 Å². The van der Waals surface area contributed by atoms with Gasteiger partial charge in [0, 0.05) is 50.1 Å². The molecular formula is C17H16N4O4S. The van der Waals surface area contributed by atoms with E-state index >= 15 is 0 Å². The lowest BCUT2D eigenvalue weighted by molar-refractivity contribution is -0.385. The second kappa shape index (κ2) is 7.44. The highest BCUT2D eigenvalue weighted by atomic mass is 32.1. The van der Waals surface area contributed by atoms with Gasteiger partial charge < -0.3 is 9.80 Å². The third-order valence-corrected chi connectivity index (χ3v) is 4.80. The number of piperazine rings is 1. The molecule has 1 saturated heterocycles. The summed E-state index contributed by atoms with van der Waals surface area (Å²) >= 11 is 5.48. The van der Waals surface area contributed by atoms with Gasteiger partial charge in [0.15, 0.2) is 0 Å². The van der Waals surface area contributed by atoms with Crippen molar-refractivity contribution in [2.24, 2.45) is 0 Å². The van der Waals surface area contributed by atoms with Crippen LogP contribution < -0.4 is 4.90 Å². The number of nitro groups is 2. The highest BCUT2D eigenvalue weighted by Crippen LogP contribution is 2.24. The van der Waals surface area contributed by atoms with E-state index in [1.807, 2.05) is 4.90 Å². The smallest absolute Gasteiger partial charge is 0.279 e. The van der Waals surface area contributed by atoms with Gasteiger partial charge in [0.05, 0.1) is 15.4 Å². The summed E-state index contributed by atoms with van der Waals surface area (Å²) in [7, 11) is 0. The molecule has 1 aliphatic heterocycles. The van der Waals surface area contributed by atoms with Gasteiger partial charge >= 0.3 is 0 Å². The molecule has 0 amide bonds. The van der Waals surface area contributed by atoms with Crippen LogP contribution >= 0.6 is 12.2 Å². The fraction of sp³-hybridized carbons (Fsp3) is 0.235. The first-order chi connectivity index (χ1) is 12.5. The van der Waals surface area contributed by atoms with Crippen LogP contribution in [-0.4, -0.2) is 45.9 Å². The Hall–Kier alpha value is -3.07. The van der Waals surface area contributed by atoms with Crippen LogP contribution in [0.1, 0.15) is 5.56 Å². The molecule has 2 aromatic carbocycles. The number of hydrogen-bond donors (Lipinski definition) is 0. The fourth-order valence-corrected chi connectivity index (χ4v) is 3.29. The van der Waals surface area contributed by atoms with E-state index in [4.69, 9.17) is 12.2 Å². The molecule has 0 spiro atoms. The summed E-state index contributed by atoms with van der Waals surface area (Å²) in [5, 5.41) is 21.9. The van der Waals surface area contributed by atoms with Crippen molar-refractivity contribution < 1.29 is 9.85 Å². The molecular weight excluding hydrogens is 356 g/mol. The van der Waals surface area contributed by atoms with Gasteiger partial charge in [-0.15, -0.1) is 0 Å². The summed E-state index contributed by atoms with van der Waals surface area (Å²) < 4.78 is 0. The van der Waals surface area contributed by atoms with Crippen LogP contribution in [0.2, 0.25) is 0 Å². The summed E-state index contributed by atoms with van der Waals surface area (Å²) in [6.07, 6.45) is 0. The Morgan fingerprint density at radius 3 is 2.08 bits per heavy atom. The zero-order chi connectivity index (χ0) is 18.7. The molecule has 1 heterocycles. The molecule has 3 rings (SSSR count). The molecule has 0 radical (unpaired) electrons. The molecule has 1 aliphatic rings. The SMILES string of the molecule is O=[N+]([O-])c1ccc(N2CCN(C(=S)c3ccccc3[N+](=O)[O-])CC2)cc1. The van der Waals surface area contributed by atoms with Gasteiger partial charge in [-0.2, -0.15) is 0 Å². The molecule has 0 aliphatic carbocycles. The summed E-state index contributed by atoms with van der Waals surface area (Å²) in [5.41, 5.74) is 1.43. The topological polar surface area (TPSA) is 92.8 Å². The molecule has 134 valence electrons. The van der Waals surface area contributed by atoms with E-state index in [-0.39, 0.29) is 11.4 Å². The van der Waals surface area contributed by atoms with E-state index in [0.29, 0.717) is 36.7 Å². The third kappa shape index (κ3) is 3.62. The van der Waals surface area contributed by atoms with Gasteiger partial charge in [0.25, 0.3) is 11.4 Å². The second-order valence-electron chi connectivity index (χ2n) is 5.83. The number of para-hydroxylation sites is 1. The van der Waals surface area contributed by atoms with Crippen LogP contribution in [0, 0.1) is 20.2 Å². The predicted octanol–water partition coefficient (Wildman–Crippen LogP) is 3.00. The Bertz CT molecular complexity index is 848. The minimum absolute atomic E-state index is 0.00954. The van der Waals surface area contributed by atoms with Crippen LogP contribution in [0.5, 0.6) is 0 Å². The van der Waals surface area contributed by atoms with E-state index in [0.717, 1.165) is 5.69 Å². The number of benzene rings is 2. The maximum atomic E-state index is 11.2. The normalized spacial score (nSPS) is 14.2. The van der Waals surface area contributed by atoms with Crippen molar-refractivity contribution in [1.29, 1.82) is 0 Å². The first kappa shape index (κ1) is 17.7. The van der Waals surface area contributed by atoms with Crippen molar-refractivity contribution in [1.82, 2.24) is 4.90 Å². The molecule has 0 bridgehead atoms. The average molecular weight is 372 g/mol. The molecule has 8 nitrogen and oxygen atoms in total. The fourth-order valence-electron chi connectivity index (χ4n) is 2.94. The number of non-ortho nitro benzene ring substituents is 1. The molecule has 0 aromatic heterocycles. The summed E-state index contributed by atoms with van der Waals surface area (Å²) in [6.45, 7) is 2.61. The van der Waals surface area contributed by atoms with E-state index < -0.39 is 9.85 Å². The first-order valence-electron chi connectivity index (χ1n) is 7.99. The number of thiocarbonyl (C=S) groups is 1. The largest absolute Gasteiger partial charge is 0.368 e. The maximum absolute atomic E-state index is 11.2. The molecule has 0 atom stereocenters. The zero-order valence-corrected chi connectivity index (χ0v) is 14.6. The molecule has 1 fully saturated rings. The van der Waals surface area contributed by atoms with Gasteiger partial charge in [-0.05, 0) is 18.2 Å². The highest BCUT2D eigenvalue weighted by molar-refractivity contribution is 7.80. The van der Waals surface area contributed by atoms with E-state index in [2.05, 4.69) is 4.90 Å².